The van der Waals surface area contributed by atoms with Crippen LogP contribution in [0, 0.1) is 11.3 Å². The molecule has 0 saturated heterocycles. The molecule has 0 unspecified atom stereocenters. The summed E-state index contributed by atoms with van der Waals surface area (Å²) in [5.74, 6) is -0.389. The molecule has 0 amide bonds. The predicted octanol–water partition coefficient (Wildman–Crippen LogP) is 5.02. The number of nitrogens with zero attached hydrogens (tertiary/aromatic N) is 2. The number of benzene rings is 1. The largest absolute Gasteiger partial charge is 0.573 e. The first kappa shape index (κ1) is 16.4. The maximum absolute atomic E-state index is 12.3. The Bertz CT molecular complexity index is 742. The van der Waals surface area contributed by atoms with Crippen molar-refractivity contribution >= 4 is 23.2 Å². The second-order valence-corrected chi connectivity index (χ2v) is 4.94. The van der Waals surface area contributed by atoms with Crippen LogP contribution in [-0.4, -0.2) is 11.3 Å². The van der Waals surface area contributed by atoms with E-state index in [2.05, 4.69) is 9.72 Å². The molecule has 8 heteroatoms. The van der Waals surface area contributed by atoms with Gasteiger partial charge in [-0.3, -0.25) is 4.98 Å². The monoisotopic (exact) mass is 346 g/mol. The van der Waals surface area contributed by atoms with Crippen LogP contribution in [0.3, 0.4) is 0 Å². The smallest absolute Gasteiger partial charge is 0.406 e. The highest BCUT2D eigenvalue weighted by atomic mass is 35.5. The van der Waals surface area contributed by atoms with Gasteiger partial charge in [-0.25, -0.2) is 0 Å². The Morgan fingerprint density at radius 2 is 2.00 bits per heavy atom. The lowest BCUT2D eigenvalue weighted by molar-refractivity contribution is -0.274. The lowest BCUT2D eigenvalue weighted by atomic mass is 10.1. The van der Waals surface area contributed by atoms with E-state index in [-0.39, 0.29) is 27.9 Å². The Balaban J connectivity index is 2.47. The van der Waals surface area contributed by atoms with E-state index in [0.29, 0.717) is 11.1 Å². The Kier molecular flexibility index (Phi) is 4.79. The van der Waals surface area contributed by atoms with Gasteiger partial charge < -0.3 is 4.74 Å². The zero-order valence-electron chi connectivity index (χ0n) is 10.8. The quantitative estimate of drug-likeness (QED) is 0.783. The van der Waals surface area contributed by atoms with E-state index in [1.54, 1.807) is 0 Å². The summed E-state index contributed by atoms with van der Waals surface area (Å²) in [5, 5.41) is 9.11. The lowest BCUT2D eigenvalue weighted by Crippen LogP contribution is -2.17. The van der Waals surface area contributed by atoms with Crippen LogP contribution in [0.4, 0.5) is 13.2 Å². The maximum atomic E-state index is 12.3. The number of ether oxygens (including phenoxy) is 1. The van der Waals surface area contributed by atoms with Gasteiger partial charge in [0, 0.05) is 17.3 Å². The van der Waals surface area contributed by atoms with Crippen molar-refractivity contribution in [1.82, 2.24) is 4.98 Å². The van der Waals surface area contributed by atoms with E-state index >= 15 is 0 Å². The standard InChI is InChI=1S/C14H7Cl2F3N2O/c15-11-7-21-13(12(16)10(11)4-5-20)8-2-1-3-9(6-8)22-14(17,18)19/h1-3,6-7H,4H2. The molecule has 0 bridgehead atoms. The third-order valence-electron chi connectivity index (χ3n) is 2.67. The van der Waals surface area contributed by atoms with Crippen molar-refractivity contribution in [3.05, 3.63) is 46.1 Å². The van der Waals surface area contributed by atoms with Gasteiger partial charge in [0.05, 0.1) is 28.2 Å². The van der Waals surface area contributed by atoms with Crippen molar-refractivity contribution in [2.75, 3.05) is 0 Å². The van der Waals surface area contributed by atoms with E-state index < -0.39 is 6.36 Å². The molecule has 0 aliphatic carbocycles. The average molecular weight is 347 g/mol. The molecule has 0 aliphatic rings. The first-order valence-corrected chi connectivity index (χ1v) is 6.63. The zero-order chi connectivity index (χ0) is 16.3. The average Bonchev–Trinajstić information content (AvgIpc) is 2.42. The number of rotatable bonds is 3. The number of halogens is 5. The molecule has 0 saturated carbocycles. The normalized spacial score (nSPS) is 11.1. The van der Waals surface area contributed by atoms with Gasteiger partial charge >= 0.3 is 6.36 Å². The zero-order valence-corrected chi connectivity index (χ0v) is 12.3. The summed E-state index contributed by atoms with van der Waals surface area (Å²) in [7, 11) is 0. The van der Waals surface area contributed by atoms with Gasteiger partial charge in [-0.15, -0.1) is 13.2 Å². The van der Waals surface area contributed by atoms with Crippen LogP contribution in [0.2, 0.25) is 10.0 Å². The van der Waals surface area contributed by atoms with Gasteiger partial charge in [0.1, 0.15) is 5.75 Å². The molecule has 0 radical (unpaired) electrons. The fraction of sp³-hybridized carbons (Fsp3) is 0.143. The molecule has 2 aromatic rings. The van der Waals surface area contributed by atoms with Gasteiger partial charge in [-0.05, 0) is 12.1 Å². The maximum Gasteiger partial charge on any atom is 0.573 e. The predicted molar refractivity (Wildman–Crippen MR) is 75.7 cm³/mol. The van der Waals surface area contributed by atoms with Crippen molar-refractivity contribution in [1.29, 1.82) is 5.26 Å². The van der Waals surface area contributed by atoms with Crippen LogP contribution >= 0.6 is 23.2 Å². The molecule has 0 N–H and O–H groups in total. The number of pyridine rings is 1. The summed E-state index contributed by atoms with van der Waals surface area (Å²) in [6.45, 7) is 0. The van der Waals surface area contributed by atoms with Crippen LogP contribution < -0.4 is 4.74 Å². The fourth-order valence-corrected chi connectivity index (χ4v) is 2.37. The van der Waals surface area contributed by atoms with E-state index in [4.69, 9.17) is 28.5 Å². The SMILES string of the molecule is N#CCc1c(Cl)cnc(-c2cccc(OC(F)(F)F)c2)c1Cl. The highest BCUT2D eigenvalue weighted by molar-refractivity contribution is 6.37. The summed E-state index contributed by atoms with van der Waals surface area (Å²) in [4.78, 5) is 4.02. The molecule has 0 spiro atoms. The van der Waals surface area contributed by atoms with Crippen molar-refractivity contribution in [3.63, 3.8) is 0 Å². The number of hydrogen-bond donors (Lipinski definition) is 0. The second kappa shape index (κ2) is 6.42. The Morgan fingerprint density at radius 3 is 2.64 bits per heavy atom. The molecule has 1 heterocycles. The first-order valence-electron chi connectivity index (χ1n) is 5.88. The van der Waals surface area contributed by atoms with Gasteiger partial charge in [0.25, 0.3) is 0 Å². The molecular weight excluding hydrogens is 340 g/mol. The third kappa shape index (κ3) is 3.81. The van der Waals surface area contributed by atoms with Gasteiger partial charge in [-0.2, -0.15) is 5.26 Å². The van der Waals surface area contributed by atoms with Crippen LogP contribution in [0.1, 0.15) is 5.56 Å². The number of aromatic nitrogens is 1. The number of alkyl halides is 3. The molecule has 0 atom stereocenters. The van der Waals surface area contributed by atoms with Crippen molar-refractivity contribution in [3.8, 4) is 23.1 Å². The van der Waals surface area contributed by atoms with E-state index in [9.17, 15) is 13.2 Å². The Hall–Kier alpha value is -1.97. The van der Waals surface area contributed by atoms with Gasteiger partial charge in [0.15, 0.2) is 0 Å². The summed E-state index contributed by atoms with van der Waals surface area (Å²) in [6.07, 6.45) is -3.53. The fourth-order valence-electron chi connectivity index (χ4n) is 1.79. The van der Waals surface area contributed by atoms with Crippen molar-refractivity contribution < 1.29 is 17.9 Å². The molecule has 1 aromatic carbocycles. The highest BCUT2D eigenvalue weighted by Gasteiger charge is 2.31. The summed E-state index contributed by atoms with van der Waals surface area (Å²) >= 11 is 12.1. The van der Waals surface area contributed by atoms with Crippen LogP contribution in [0.15, 0.2) is 30.5 Å². The molecular formula is C14H7Cl2F3N2O. The summed E-state index contributed by atoms with van der Waals surface area (Å²) < 4.78 is 40.6. The van der Waals surface area contributed by atoms with E-state index in [0.717, 1.165) is 12.1 Å². The minimum absolute atomic E-state index is 0.0358. The molecule has 0 fully saturated rings. The van der Waals surface area contributed by atoms with Crippen LogP contribution in [0.25, 0.3) is 11.3 Å². The minimum Gasteiger partial charge on any atom is -0.406 e. The van der Waals surface area contributed by atoms with Crippen molar-refractivity contribution in [2.24, 2.45) is 0 Å². The summed E-state index contributed by atoms with van der Waals surface area (Å²) in [6, 6.07) is 7.15. The topological polar surface area (TPSA) is 45.9 Å². The number of hydrogen-bond acceptors (Lipinski definition) is 3. The first-order chi connectivity index (χ1) is 10.3. The van der Waals surface area contributed by atoms with Gasteiger partial charge in [-0.1, -0.05) is 35.3 Å². The molecule has 1 aromatic heterocycles. The molecule has 0 aliphatic heterocycles. The molecule has 2 rings (SSSR count). The molecule has 3 nitrogen and oxygen atoms in total. The Morgan fingerprint density at radius 1 is 1.27 bits per heavy atom. The summed E-state index contributed by atoms with van der Waals surface area (Å²) in [5.41, 5.74) is 0.921. The molecule has 114 valence electrons. The van der Waals surface area contributed by atoms with Crippen molar-refractivity contribution in [2.45, 2.75) is 12.8 Å². The lowest BCUT2D eigenvalue weighted by Gasteiger charge is -2.12. The highest BCUT2D eigenvalue weighted by Crippen LogP contribution is 2.35. The molecule has 22 heavy (non-hydrogen) atoms. The third-order valence-corrected chi connectivity index (χ3v) is 3.40. The van der Waals surface area contributed by atoms with Crippen LogP contribution in [0.5, 0.6) is 5.75 Å². The van der Waals surface area contributed by atoms with Gasteiger partial charge in [0.2, 0.25) is 0 Å². The van der Waals surface area contributed by atoms with E-state index in [1.807, 2.05) is 6.07 Å². The van der Waals surface area contributed by atoms with Crippen LogP contribution in [-0.2, 0) is 6.42 Å². The minimum atomic E-state index is -4.79. The second-order valence-electron chi connectivity index (χ2n) is 4.16. The Labute approximate surface area is 133 Å². The number of nitriles is 1. The van der Waals surface area contributed by atoms with E-state index in [1.165, 1.54) is 18.3 Å².